The number of aliphatic imine (C=N–C) groups is 1. The van der Waals surface area contributed by atoms with E-state index in [9.17, 15) is 9.90 Å². The first-order valence-electron chi connectivity index (χ1n) is 10.2. The number of furan rings is 1. The van der Waals surface area contributed by atoms with Crippen LogP contribution in [0.4, 0.5) is 0 Å². The molecule has 1 aromatic heterocycles. The molecule has 1 aliphatic heterocycles. The Morgan fingerprint density at radius 3 is 2.74 bits per heavy atom. The van der Waals surface area contributed by atoms with E-state index in [-0.39, 0.29) is 41.9 Å². The van der Waals surface area contributed by atoms with Crippen molar-refractivity contribution in [3.8, 4) is 0 Å². The van der Waals surface area contributed by atoms with Crippen molar-refractivity contribution in [2.24, 2.45) is 10.4 Å². The number of aliphatic hydroxyl groups excluding tert-OH is 1. The van der Waals surface area contributed by atoms with Gasteiger partial charge in [-0.25, -0.2) is 0 Å². The topological polar surface area (TPSA) is 108 Å². The van der Waals surface area contributed by atoms with Crippen LogP contribution in [0, 0.1) is 5.41 Å². The number of rotatable bonds is 9. The number of ether oxygens (including phenoxy) is 1. The quantitative estimate of drug-likeness (QED) is 0.220. The molecule has 2 aromatic rings. The van der Waals surface area contributed by atoms with E-state index < -0.39 is 0 Å². The number of nitrogens with one attached hydrogen (secondary N) is 3. The second kappa shape index (κ2) is 12.7. The van der Waals surface area contributed by atoms with Gasteiger partial charge in [0.15, 0.2) is 5.96 Å². The number of aliphatic hydroxyl groups is 1. The third-order valence-electron chi connectivity index (χ3n) is 5.33. The highest BCUT2D eigenvalue weighted by atomic mass is 127. The van der Waals surface area contributed by atoms with Crippen molar-refractivity contribution in [3.63, 3.8) is 0 Å². The fourth-order valence-corrected chi connectivity index (χ4v) is 3.49. The molecule has 0 aliphatic carbocycles. The second-order valence-corrected chi connectivity index (χ2v) is 7.52. The van der Waals surface area contributed by atoms with Crippen LogP contribution in [-0.2, 0) is 17.8 Å². The van der Waals surface area contributed by atoms with Gasteiger partial charge in [0.25, 0.3) is 5.91 Å². The lowest BCUT2D eigenvalue weighted by Gasteiger charge is -2.27. The first-order chi connectivity index (χ1) is 14.6. The number of benzene rings is 1. The molecule has 0 radical (unpaired) electrons. The molecule has 1 aromatic carbocycles. The van der Waals surface area contributed by atoms with E-state index in [2.05, 4.69) is 20.9 Å². The number of carbonyl (C=O) groups is 1. The van der Waals surface area contributed by atoms with Gasteiger partial charge in [-0.3, -0.25) is 9.79 Å². The Bertz CT molecular complexity index is 836. The molecule has 4 N–H and O–H groups in total. The van der Waals surface area contributed by atoms with Gasteiger partial charge < -0.3 is 30.2 Å². The molecule has 0 spiro atoms. The van der Waals surface area contributed by atoms with Gasteiger partial charge in [-0.2, -0.15) is 0 Å². The van der Waals surface area contributed by atoms with Crippen LogP contribution in [0.15, 0.2) is 52.1 Å². The Kier molecular flexibility index (Phi) is 10.3. The summed E-state index contributed by atoms with van der Waals surface area (Å²) in [7, 11) is 1.72. The van der Waals surface area contributed by atoms with Crippen LogP contribution in [0.25, 0.3) is 0 Å². The molecule has 31 heavy (non-hydrogen) atoms. The van der Waals surface area contributed by atoms with Crippen LogP contribution in [0.1, 0.15) is 34.5 Å². The summed E-state index contributed by atoms with van der Waals surface area (Å²) in [5.41, 5.74) is 1.50. The summed E-state index contributed by atoms with van der Waals surface area (Å²) in [6.07, 6.45) is 3.21. The Labute approximate surface area is 199 Å². The summed E-state index contributed by atoms with van der Waals surface area (Å²) in [5.74, 6) is 1.23. The average Bonchev–Trinajstić information content (AvgIpc) is 3.45. The van der Waals surface area contributed by atoms with Gasteiger partial charge in [0.1, 0.15) is 5.76 Å². The first-order valence-corrected chi connectivity index (χ1v) is 10.2. The number of hydrogen-bond donors (Lipinski definition) is 4. The van der Waals surface area contributed by atoms with E-state index in [0.29, 0.717) is 49.9 Å². The molecule has 1 aliphatic rings. The summed E-state index contributed by atoms with van der Waals surface area (Å²) >= 11 is 0. The minimum atomic E-state index is -0.150. The zero-order valence-electron chi connectivity index (χ0n) is 17.7. The zero-order valence-corrected chi connectivity index (χ0v) is 20.1. The minimum Gasteiger partial charge on any atom is -0.467 e. The predicted octanol–water partition coefficient (Wildman–Crippen LogP) is 2.28. The summed E-state index contributed by atoms with van der Waals surface area (Å²) in [6, 6.07) is 11.1. The Morgan fingerprint density at radius 2 is 2.06 bits per heavy atom. The standard InChI is InChI=1S/C22H30N4O4.HI/c1-23-21(26-15-22(7-9-27)8-11-29-16-22)25-13-17-4-2-5-18(12-17)20(28)24-14-19-6-3-10-30-19;/h2-6,10,12,27H,7-9,11,13-16H2,1H3,(H,24,28)(H2,23,25,26);1H. The van der Waals surface area contributed by atoms with Crippen molar-refractivity contribution in [1.29, 1.82) is 0 Å². The molecule has 1 fully saturated rings. The Morgan fingerprint density at radius 1 is 1.19 bits per heavy atom. The van der Waals surface area contributed by atoms with Crippen molar-refractivity contribution in [2.75, 3.05) is 33.4 Å². The fourth-order valence-electron chi connectivity index (χ4n) is 3.49. The van der Waals surface area contributed by atoms with Crippen molar-refractivity contribution < 1.29 is 19.1 Å². The molecule has 1 amide bonds. The Balaban J connectivity index is 0.00000341. The summed E-state index contributed by atoms with van der Waals surface area (Å²) in [5, 5.41) is 18.8. The van der Waals surface area contributed by atoms with E-state index in [4.69, 9.17) is 9.15 Å². The lowest BCUT2D eigenvalue weighted by Crippen LogP contribution is -2.44. The number of nitrogens with zero attached hydrogens (tertiary/aromatic N) is 1. The molecular weight excluding hydrogens is 511 g/mol. The molecule has 9 heteroatoms. The molecule has 1 saturated heterocycles. The summed E-state index contributed by atoms with van der Waals surface area (Å²) in [4.78, 5) is 16.7. The monoisotopic (exact) mass is 542 g/mol. The molecule has 0 bridgehead atoms. The molecule has 2 heterocycles. The van der Waals surface area contributed by atoms with E-state index in [1.54, 1.807) is 25.4 Å². The third-order valence-corrected chi connectivity index (χ3v) is 5.33. The third kappa shape index (κ3) is 7.51. The van der Waals surface area contributed by atoms with Crippen LogP contribution in [0.2, 0.25) is 0 Å². The SMILES string of the molecule is CN=C(NCc1cccc(C(=O)NCc2ccco2)c1)NCC1(CCO)CCOC1.I. The van der Waals surface area contributed by atoms with Crippen LogP contribution in [0.3, 0.4) is 0 Å². The maximum absolute atomic E-state index is 12.4. The van der Waals surface area contributed by atoms with E-state index in [1.807, 2.05) is 24.3 Å². The molecule has 0 saturated carbocycles. The average molecular weight is 542 g/mol. The number of halogens is 1. The summed E-state index contributed by atoms with van der Waals surface area (Å²) < 4.78 is 10.8. The predicted molar refractivity (Wildman–Crippen MR) is 130 cm³/mol. The van der Waals surface area contributed by atoms with Gasteiger partial charge in [-0.05, 0) is 42.7 Å². The number of amides is 1. The lowest BCUT2D eigenvalue weighted by molar-refractivity contribution is 0.0948. The molecular formula is C22H31IN4O4. The minimum absolute atomic E-state index is 0. The summed E-state index contributed by atoms with van der Waals surface area (Å²) in [6.45, 7) is 3.08. The maximum Gasteiger partial charge on any atom is 0.251 e. The van der Waals surface area contributed by atoms with Crippen LogP contribution >= 0.6 is 24.0 Å². The van der Waals surface area contributed by atoms with Gasteiger partial charge in [-0.1, -0.05) is 12.1 Å². The van der Waals surface area contributed by atoms with Crippen molar-refractivity contribution >= 4 is 35.8 Å². The van der Waals surface area contributed by atoms with E-state index >= 15 is 0 Å². The Hall–Kier alpha value is -2.11. The smallest absolute Gasteiger partial charge is 0.251 e. The van der Waals surface area contributed by atoms with Gasteiger partial charge in [-0.15, -0.1) is 24.0 Å². The number of hydrogen-bond acceptors (Lipinski definition) is 5. The normalized spacial score (nSPS) is 18.3. The number of guanidine groups is 1. The van der Waals surface area contributed by atoms with Crippen molar-refractivity contribution in [3.05, 3.63) is 59.5 Å². The van der Waals surface area contributed by atoms with Crippen LogP contribution in [0.5, 0.6) is 0 Å². The van der Waals surface area contributed by atoms with Crippen molar-refractivity contribution in [1.82, 2.24) is 16.0 Å². The zero-order chi connectivity index (χ0) is 21.2. The largest absolute Gasteiger partial charge is 0.467 e. The highest BCUT2D eigenvalue weighted by Gasteiger charge is 2.34. The molecule has 8 nitrogen and oxygen atoms in total. The molecule has 1 unspecified atom stereocenters. The molecule has 1 atom stereocenters. The van der Waals surface area contributed by atoms with E-state index in [0.717, 1.165) is 18.6 Å². The van der Waals surface area contributed by atoms with E-state index in [1.165, 1.54) is 0 Å². The maximum atomic E-state index is 12.4. The molecule has 3 rings (SSSR count). The first kappa shape index (κ1) is 25.2. The fraction of sp³-hybridized carbons (Fsp3) is 0.455. The second-order valence-electron chi connectivity index (χ2n) is 7.52. The number of carbonyl (C=O) groups excluding carboxylic acids is 1. The highest BCUT2D eigenvalue weighted by molar-refractivity contribution is 14.0. The van der Waals surface area contributed by atoms with Gasteiger partial charge in [0, 0.05) is 44.3 Å². The van der Waals surface area contributed by atoms with Crippen LogP contribution in [-0.4, -0.2) is 50.4 Å². The highest BCUT2D eigenvalue weighted by Crippen LogP contribution is 2.31. The van der Waals surface area contributed by atoms with Gasteiger partial charge >= 0.3 is 0 Å². The van der Waals surface area contributed by atoms with Gasteiger partial charge in [0.05, 0.1) is 19.4 Å². The lowest BCUT2D eigenvalue weighted by atomic mass is 9.84. The molecule has 170 valence electrons. The van der Waals surface area contributed by atoms with Gasteiger partial charge in [0.2, 0.25) is 0 Å². The van der Waals surface area contributed by atoms with Crippen molar-refractivity contribution in [2.45, 2.75) is 25.9 Å². The van der Waals surface area contributed by atoms with Crippen LogP contribution < -0.4 is 16.0 Å².